The van der Waals surface area contributed by atoms with E-state index in [0.29, 0.717) is 16.9 Å². The van der Waals surface area contributed by atoms with E-state index in [0.717, 1.165) is 0 Å². The van der Waals surface area contributed by atoms with Gasteiger partial charge in [-0.25, -0.2) is 4.39 Å². The molecule has 0 bridgehead atoms. The number of amides is 1. The van der Waals surface area contributed by atoms with Crippen molar-refractivity contribution >= 4 is 11.9 Å². The lowest BCUT2D eigenvalue weighted by atomic mass is 10.1. The number of esters is 1. The van der Waals surface area contributed by atoms with Crippen LogP contribution in [0.2, 0.25) is 0 Å². The van der Waals surface area contributed by atoms with Crippen LogP contribution in [-0.4, -0.2) is 25.5 Å². The summed E-state index contributed by atoms with van der Waals surface area (Å²) in [6.45, 7) is 1.41. The molecule has 0 saturated carbocycles. The van der Waals surface area contributed by atoms with E-state index in [9.17, 15) is 14.0 Å². The maximum Gasteiger partial charge on any atom is 0.326 e. The Morgan fingerprint density at radius 1 is 1.17 bits per heavy atom. The molecule has 0 aliphatic carbocycles. The molecule has 0 aromatic heterocycles. The van der Waals surface area contributed by atoms with E-state index in [1.165, 1.54) is 19.2 Å². The van der Waals surface area contributed by atoms with Crippen LogP contribution in [0.3, 0.4) is 0 Å². The van der Waals surface area contributed by atoms with E-state index in [1.54, 1.807) is 43.3 Å². The maximum atomic E-state index is 12.9. The number of carbonyl (C=O) groups is 2. The Hall–Kier alpha value is -2.89. The summed E-state index contributed by atoms with van der Waals surface area (Å²) in [7, 11) is 1.51. The van der Waals surface area contributed by atoms with Crippen molar-refractivity contribution in [3.05, 3.63) is 65.5 Å². The van der Waals surface area contributed by atoms with Crippen LogP contribution < -0.4 is 10.1 Å². The molecule has 0 heterocycles. The van der Waals surface area contributed by atoms with Gasteiger partial charge in [-0.1, -0.05) is 18.2 Å². The molecule has 0 unspecified atom stereocenters. The first-order chi connectivity index (χ1) is 11.5. The van der Waals surface area contributed by atoms with E-state index < -0.39 is 18.0 Å². The van der Waals surface area contributed by atoms with E-state index in [-0.39, 0.29) is 12.4 Å². The van der Waals surface area contributed by atoms with Gasteiger partial charge in [-0.3, -0.25) is 9.59 Å². The van der Waals surface area contributed by atoms with Gasteiger partial charge in [0, 0.05) is 5.56 Å². The van der Waals surface area contributed by atoms with Gasteiger partial charge in [0.15, 0.2) is 0 Å². The van der Waals surface area contributed by atoms with Gasteiger partial charge < -0.3 is 14.8 Å². The van der Waals surface area contributed by atoms with Crippen LogP contribution in [-0.2, 0) is 9.53 Å². The highest BCUT2D eigenvalue weighted by molar-refractivity contribution is 5.96. The highest BCUT2D eigenvalue weighted by Gasteiger charge is 2.14. The first kappa shape index (κ1) is 17.5. The topological polar surface area (TPSA) is 64.6 Å². The van der Waals surface area contributed by atoms with E-state index in [2.05, 4.69) is 5.32 Å². The van der Waals surface area contributed by atoms with E-state index in [4.69, 9.17) is 9.47 Å². The molecule has 0 radical (unpaired) electrons. The van der Waals surface area contributed by atoms with Crippen molar-refractivity contribution in [3.63, 3.8) is 0 Å². The summed E-state index contributed by atoms with van der Waals surface area (Å²) < 4.78 is 23.1. The Morgan fingerprint density at radius 2 is 1.88 bits per heavy atom. The van der Waals surface area contributed by atoms with E-state index >= 15 is 0 Å². The molecule has 2 aromatic rings. The van der Waals surface area contributed by atoms with Crippen LogP contribution in [0.15, 0.2) is 48.5 Å². The summed E-state index contributed by atoms with van der Waals surface area (Å²) in [5, 5.41) is 2.49. The van der Waals surface area contributed by atoms with Crippen molar-refractivity contribution in [2.24, 2.45) is 0 Å². The average molecular weight is 331 g/mol. The van der Waals surface area contributed by atoms with Crippen LogP contribution in [0, 0.1) is 5.82 Å². The minimum absolute atomic E-state index is 0.262. The number of carbonyl (C=O) groups excluding carboxylic acids is 2. The lowest BCUT2D eigenvalue weighted by molar-refractivity contribution is -0.147. The van der Waals surface area contributed by atoms with Crippen LogP contribution in [0.4, 0.5) is 4.39 Å². The molecule has 5 nitrogen and oxygen atoms in total. The van der Waals surface area contributed by atoms with Gasteiger partial charge in [-0.15, -0.1) is 0 Å². The molecule has 6 heteroatoms. The monoisotopic (exact) mass is 331 g/mol. The predicted octanol–water partition coefficient (Wildman–Crippen LogP) is 2.87. The Balaban J connectivity index is 1.86. The van der Waals surface area contributed by atoms with Gasteiger partial charge in [0.25, 0.3) is 5.91 Å². The van der Waals surface area contributed by atoms with Crippen LogP contribution in [0.5, 0.6) is 5.75 Å². The Bertz CT molecular complexity index is 715. The lowest BCUT2D eigenvalue weighted by Gasteiger charge is -2.14. The first-order valence-electron chi connectivity index (χ1n) is 7.37. The third-order valence-corrected chi connectivity index (χ3v) is 3.37. The zero-order chi connectivity index (χ0) is 17.5. The fourth-order valence-electron chi connectivity index (χ4n) is 2.06. The number of hydrogen-bond acceptors (Lipinski definition) is 4. The zero-order valence-electron chi connectivity index (χ0n) is 13.4. The number of halogens is 1. The number of benzene rings is 2. The molecule has 0 saturated heterocycles. The molecular formula is C18H18FNO4. The summed E-state index contributed by atoms with van der Waals surface area (Å²) in [5.41, 5.74) is 1.05. The molecule has 0 fully saturated rings. The largest absolute Gasteiger partial charge is 0.497 e. The van der Waals surface area contributed by atoms with Crippen molar-refractivity contribution < 1.29 is 23.5 Å². The average Bonchev–Trinajstić information content (AvgIpc) is 2.60. The highest BCUT2D eigenvalue weighted by Crippen LogP contribution is 2.17. The third kappa shape index (κ3) is 4.81. The van der Waals surface area contributed by atoms with Gasteiger partial charge >= 0.3 is 5.97 Å². The SMILES string of the molecule is COc1cccc(C(=O)NCC(=O)O[C@H](C)c2ccc(F)cc2)c1. The Labute approximate surface area is 139 Å². The second-order valence-electron chi connectivity index (χ2n) is 5.10. The fourth-order valence-corrected chi connectivity index (χ4v) is 2.06. The quantitative estimate of drug-likeness (QED) is 0.827. The van der Waals surface area contributed by atoms with Crippen LogP contribution in [0.1, 0.15) is 28.9 Å². The molecule has 0 aliphatic heterocycles. The van der Waals surface area contributed by atoms with Crippen molar-refractivity contribution in [2.45, 2.75) is 13.0 Å². The van der Waals surface area contributed by atoms with Crippen molar-refractivity contribution in [1.82, 2.24) is 5.32 Å². The first-order valence-corrected chi connectivity index (χ1v) is 7.37. The number of rotatable bonds is 6. The minimum atomic E-state index is -0.580. The number of ether oxygens (including phenoxy) is 2. The molecule has 2 rings (SSSR count). The molecule has 0 spiro atoms. The summed E-state index contributed by atoms with van der Waals surface area (Å²) in [6, 6.07) is 12.3. The third-order valence-electron chi connectivity index (χ3n) is 3.37. The zero-order valence-corrected chi connectivity index (χ0v) is 13.4. The van der Waals surface area contributed by atoms with Crippen LogP contribution >= 0.6 is 0 Å². The molecule has 0 aliphatic rings. The minimum Gasteiger partial charge on any atom is -0.497 e. The summed E-state index contributed by atoms with van der Waals surface area (Å²) in [6.07, 6.45) is -0.535. The van der Waals surface area contributed by atoms with Gasteiger partial charge in [-0.2, -0.15) is 0 Å². The van der Waals surface area contributed by atoms with Gasteiger partial charge in [0.1, 0.15) is 24.2 Å². The van der Waals surface area contributed by atoms with Crippen molar-refractivity contribution in [1.29, 1.82) is 0 Å². The van der Waals surface area contributed by atoms with Gasteiger partial charge in [0.2, 0.25) is 0 Å². The Morgan fingerprint density at radius 3 is 2.54 bits per heavy atom. The second-order valence-corrected chi connectivity index (χ2v) is 5.10. The Kier molecular flexibility index (Phi) is 5.89. The summed E-state index contributed by atoms with van der Waals surface area (Å²) in [4.78, 5) is 23.8. The summed E-state index contributed by atoms with van der Waals surface area (Å²) in [5.74, 6) is -0.790. The van der Waals surface area contributed by atoms with Gasteiger partial charge in [-0.05, 0) is 42.8 Å². The van der Waals surface area contributed by atoms with Crippen molar-refractivity contribution in [2.75, 3.05) is 13.7 Å². The molecule has 24 heavy (non-hydrogen) atoms. The van der Waals surface area contributed by atoms with E-state index in [1.807, 2.05) is 0 Å². The normalized spacial score (nSPS) is 11.5. The molecular weight excluding hydrogens is 313 g/mol. The molecule has 126 valence electrons. The smallest absolute Gasteiger partial charge is 0.326 e. The molecule has 2 aromatic carbocycles. The van der Waals surface area contributed by atoms with Gasteiger partial charge in [0.05, 0.1) is 7.11 Å². The van der Waals surface area contributed by atoms with Crippen molar-refractivity contribution in [3.8, 4) is 5.75 Å². The second kappa shape index (κ2) is 8.10. The fraction of sp³-hybridized carbons (Fsp3) is 0.222. The number of hydrogen-bond donors (Lipinski definition) is 1. The standard InChI is InChI=1S/C18H18FNO4/c1-12(13-6-8-15(19)9-7-13)24-17(21)11-20-18(22)14-4-3-5-16(10-14)23-2/h3-10,12H,11H2,1-2H3,(H,20,22)/t12-/m1/s1. The molecule has 1 atom stereocenters. The number of methoxy groups -OCH3 is 1. The maximum absolute atomic E-state index is 12.9. The molecule has 1 amide bonds. The highest BCUT2D eigenvalue weighted by atomic mass is 19.1. The van der Waals surface area contributed by atoms with Crippen LogP contribution in [0.25, 0.3) is 0 Å². The predicted molar refractivity (Wildman–Crippen MR) is 86.2 cm³/mol. The molecule has 1 N–H and O–H groups in total. The number of nitrogens with one attached hydrogen (secondary N) is 1. The lowest BCUT2D eigenvalue weighted by Crippen LogP contribution is -2.31. The summed E-state index contributed by atoms with van der Waals surface area (Å²) >= 11 is 0.